The minimum Gasteiger partial charge on any atom is -0.480 e. The molecule has 1 atom stereocenters. The van der Waals surface area contributed by atoms with Crippen LogP contribution in [0.25, 0.3) is 0 Å². The second-order valence-electron chi connectivity index (χ2n) is 6.66. The molecule has 0 bridgehead atoms. The standard InChI is InChI=1S/C17H25N3O4/c1-5-6-12(15(22)23)19-14(21)10-7-8-11(18)13(9-10)20-16(24)17(2,3)4/h7-9,12H,5-6,18H2,1-4H3,(H,19,21)(H,20,24)(H,22,23). The predicted molar refractivity (Wildman–Crippen MR) is 92.7 cm³/mol. The number of amides is 2. The van der Waals surface area contributed by atoms with Crippen LogP contribution in [0.3, 0.4) is 0 Å². The number of carboxylic acids is 1. The van der Waals surface area contributed by atoms with Gasteiger partial charge in [-0.3, -0.25) is 9.59 Å². The van der Waals surface area contributed by atoms with Crippen molar-refractivity contribution < 1.29 is 19.5 Å². The molecule has 1 unspecified atom stereocenters. The van der Waals surface area contributed by atoms with Gasteiger partial charge in [0.2, 0.25) is 5.91 Å². The molecule has 0 radical (unpaired) electrons. The molecule has 0 aliphatic carbocycles. The summed E-state index contributed by atoms with van der Waals surface area (Å²) < 4.78 is 0. The van der Waals surface area contributed by atoms with Gasteiger partial charge >= 0.3 is 5.97 Å². The number of carbonyl (C=O) groups excluding carboxylic acids is 2. The van der Waals surface area contributed by atoms with Crippen LogP contribution in [0.15, 0.2) is 18.2 Å². The number of nitrogens with two attached hydrogens (primary N) is 1. The SMILES string of the molecule is CCCC(NC(=O)c1ccc(N)c(NC(=O)C(C)(C)C)c1)C(=O)O. The molecular formula is C17H25N3O4. The Hall–Kier alpha value is -2.57. The lowest BCUT2D eigenvalue weighted by molar-refractivity contribution is -0.139. The monoisotopic (exact) mass is 335 g/mol. The third-order valence-electron chi connectivity index (χ3n) is 3.43. The van der Waals surface area contributed by atoms with E-state index in [1.54, 1.807) is 20.8 Å². The van der Waals surface area contributed by atoms with Crippen LogP contribution in [0.1, 0.15) is 50.9 Å². The van der Waals surface area contributed by atoms with Gasteiger partial charge in [-0.2, -0.15) is 0 Å². The largest absolute Gasteiger partial charge is 0.480 e. The molecule has 2 amide bonds. The lowest BCUT2D eigenvalue weighted by atomic mass is 9.95. The van der Waals surface area contributed by atoms with E-state index < -0.39 is 23.3 Å². The smallest absolute Gasteiger partial charge is 0.326 e. The normalized spacial score (nSPS) is 12.3. The maximum absolute atomic E-state index is 12.3. The van der Waals surface area contributed by atoms with E-state index in [0.29, 0.717) is 24.2 Å². The van der Waals surface area contributed by atoms with E-state index in [4.69, 9.17) is 10.8 Å². The molecule has 7 nitrogen and oxygen atoms in total. The molecule has 0 aliphatic heterocycles. The Labute approximate surface area is 141 Å². The first-order valence-corrected chi connectivity index (χ1v) is 7.81. The third kappa shape index (κ3) is 5.26. The van der Waals surface area contributed by atoms with E-state index in [0.717, 1.165) is 0 Å². The third-order valence-corrected chi connectivity index (χ3v) is 3.43. The van der Waals surface area contributed by atoms with Crippen LogP contribution in [0.5, 0.6) is 0 Å². The summed E-state index contributed by atoms with van der Waals surface area (Å²) in [4.78, 5) is 35.5. The maximum atomic E-state index is 12.3. The molecule has 7 heteroatoms. The van der Waals surface area contributed by atoms with Crippen molar-refractivity contribution in [3.05, 3.63) is 23.8 Å². The minimum atomic E-state index is -1.08. The van der Waals surface area contributed by atoms with Crippen molar-refractivity contribution >= 4 is 29.2 Å². The second kappa shape index (κ2) is 7.81. The van der Waals surface area contributed by atoms with Crippen molar-refractivity contribution in [1.29, 1.82) is 0 Å². The van der Waals surface area contributed by atoms with Gasteiger partial charge in [-0.25, -0.2) is 4.79 Å². The minimum absolute atomic E-state index is 0.232. The molecule has 0 fully saturated rings. The molecule has 0 heterocycles. The molecule has 1 rings (SSSR count). The molecule has 5 N–H and O–H groups in total. The zero-order valence-electron chi connectivity index (χ0n) is 14.5. The molecule has 0 aromatic heterocycles. The highest BCUT2D eigenvalue weighted by Crippen LogP contribution is 2.23. The highest BCUT2D eigenvalue weighted by Gasteiger charge is 2.23. The number of hydrogen-bond donors (Lipinski definition) is 4. The summed E-state index contributed by atoms with van der Waals surface area (Å²) in [5.41, 5.74) is 6.11. The first kappa shape index (κ1) is 19.5. The molecule has 1 aromatic rings. The summed E-state index contributed by atoms with van der Waals surface area (Å²) >= 11 is 0. The van der Waals surface area contributed by atoms with E-state index >= 15 is 0 Å². The second-order valence-corrected chi connectivity index (χ2v) is 6.66. The number of nitrogen functional groups attached to an aromatic ring is 1. The molecule has 0 saturated carbocycles. The van der Waals surface area contributed by atoms with Crippen LogP contribution in [0, 0.1) is 5.41 Å². The summed E-state index contributed by atoms with van der Waals surface area (Å²) in [7, 11) is 0. The predicted octanol–water partition coefficient (Wildman–Crippen LogP) is 2.24. The van der Waals surface area contributed by atoms with E-state index in [-0.39, 0.29) is 11.5 Å². The summed E-state index contributed by atoms with van der Waals surface area (Å²) in [5.74, 6) is -1.84. The molecule has 132 valence electrons. The number of carboxylic acid groups (broad SMARTS) is 1. The van der Waals surface area contributed by atoms with E-state index in [1.165, 1.54) is 18.2 Å². The summed E-state index contributed by atoms with van der Waals surface area (Å²) in [6, 6.07) is 3.48. The number of anilines is 2. The fourth-order valence-corrected chi connectivity index (χ4v) is 1.90. The first-order valence-electron chi connectivity index (χ1n) is 7.81. The van der Waals surface area contributed by atoms with Gasteiger partial charge in [0.25, 0.3) is 5.91 Å². The zero-order chi connectivity index (χ0) is 18.5. The van der Waals surface area contributed by atoms with Crippen LogP contribution < -0.4 is 16.4 Å². The van der Waals surface area contributed by atoms with Gasteiger partial charge in [-0.15, -0.1) is 0 Å². The average Bonchev–Trinajstić information content (AvgIpc) is 2.47. The van der Waals surface area contributed by atoms with Crippen molar-refractivity contribution in [1.82, 2.24) is 5.32 Å². The zero-order valence-corrected chi connectivity index (χ0v) is 14.5. The molecule has 24 heavy (non-hydrogen) atoms. The van der Waals surface area contributed by atoms with Crippen LogP contribution in [-0.4, -0.2) is 28.9 Å². The topological polar surface area (TPSA) is 122 Å². The number of hydrogen-bond acceptors (Lipinski definition) is 4. The average molecular weight is 335 g/mol. The summed E-state index contributed by atoms with van der Waals surface area (Å²) in [6.07, 6.45) is 0.968. The summed E-state index contributed by atoms with van der Waals surface area (Å²) in [5, 5.41) is 14.3. The molecule has 0 aliphatic rings. The Kier molecular flexibility index (Phi) is 6.34. The quantitative estimate of drug-likeness (QED) is 0.594. The highest BCUT2D eigenvalue weighted by molar-refractivity contribution is 6.01. The fourth-order valence-electron chi connectivity index (χ4n) is 1.90. The number of carbonyl (C=O) groups is 3. The van der Waals surface area contributed by atoms with Crippen molar-refractivity contribution in [3.63, 3.8) is 0 Å². The van der Waals surface area contributed by atoms with Gasteiger partial charge in [-0.1, -0.05) is 34.1 Å². The Balaban J connectivity index is 2.97. The lowest BCUT2D eigenvalue weighted by Crippen LogP contribution is -2.40. The van der Waals surface area contributed by atoms with Crippen LogP contribution in [0.2, 0.25) is 0 Å². The Morgan fingerprint density at radius 2 is 1.88 bits per heavy atom. The maximum Gasteiger partial charge on any atom is 0.326 e. The van der Waals surface area contributed by atoms with Gasteiger partial charge in [0.1, 0.15) is 6.04 Å². The van der Waals surface area contributed by atoms with Crippen LogP contribution >= 0.6 is 0 Å². The number of aliphatic carboxylic acids is 1. The van der Waals surface area contributed by atoms with Crippen LogP contribution in [0.4, 0.5) is 11.4 Å². The first-order chi connectivity index (χ1) is 11.1. The lowest BCUT2D eigenvalue weighted by Gasteiger charge is -2.19. The Bertz CT molecular complexity index is 635. The Morgan fingerprint density at radius 1 is 1.25 bits per heavy atom. The number of nitrogens with one attached hydrogen (secondary N) is 2. The van der Waals surface area contributed by atoms with Gasteiger partial charge in [0.15, 0.2) is 0 Å². The molecule has 1 aromatic carbocycles. The van der Waals surface area contributed by atoms with Crippen molar-refractivity contribution in [2.24, 2.45) is 5.41 Å². The number of benzene rings is 1. The van der Waals surface area contributed by atoms with Gasteiger partial charge in [0, 0.05) is 11.0 Å². The van der Waals surface area contributed by atoms with E-state index in [9.17, 15) is 14.4 Å². The molecule has 0 spiro atoms. The van der Waals surface area contributed by atoms with Crippen molar-refractivity contribution in [3.8, 4) is 0 Å². The number of rotatable bonds is 6. The molecule has 0 saturated heterocycles. The Morgan fingerprint density at radius 3 is 2.38 bits per heavy atom. The highest BCUT2D eigenvalue weighted by atomic mass is 16.4. The van der Waals surface area contributed by atoms with Gasteiger partial charge < -0.3 is 21.5 Å². The van der Waals surface area contributed by atoms with Crippen molar-refractivity contribution in [2.45, 2.75) is 46.6 Å². The van der Waals surface area contributed by atoms with E-state index in [2.05, 4.69) is 10.6 Å². The van der Waals surface area contributed by atoms with Gasteiger partial charge in [-0.05, 0) is 24.6 Å². The van der Waals surface area contributed by atoms with Gasteiger partial charge in [0.05, 0.1) is 11.4 Å². The summed E-state index contributed by atoms with van der Waals surface area (Å²) in [6.45, 7) is 7.12. The molecular weight excluding hydrogens is 310 g/mol. The van der Waals surface area contributed by atoms with Crippen molar-refractivity contribution in [2.75, 3.05) is 11.1 Å². The van der Waals surface area contributed by atoms with E-state index in [1.807, 2.05) is 6.92 Å². The van der Waals surface area contributed by atoms with Crippen LogP contribution in [-0.2, 0) is 9.59 Å². The fraction of sp³-hybridized carbons (Fsp3) is 0.471.